The van der Waals surface area contributed by atoms with E-state index in [4.69, 9.17) is 12.2 Å². The van der Waals surface area contributed by atoms with Crippen LogP contribution in [0.4, 0.5) is 4.39 Å². The lowest BCUT2D eigenvalue weighted by Gasteiger charge is -2.36. The molecule has 0 radical (unpaired) electrons. The molecule has 7 heteroatoms. The number of thiocarbonyl (C=S) groups is 1. The Bertz CT molecular complexity index is 675. The van der Waals surface area contributed by atoms with Gasteiger partial charge in [0.05, 0.1) is 16.1 Å². The molecular formula is C15H17BrFN3OS. The summed E-state index contributed by atoms with van der Waals surface area (Å²) < 4.78 is 13.8. The average Bonchev–Trinajstić information content (AvgIpc) is 2.46. The molecule has 1 atom stereocenters. The van der Waals surface area contributed by atoms with Gasteiger partial charge in [-0.3, -0.25) is 4.79 Å². The predicted molar refractivity (Wildman–Crippen MR) is 91.7 cm³/mol. The number of hydrogen-bond donors (Lipinski definition) is 1. The summed E-state index contributed by atoms with van der Waals surface area (Å²) in [7, 11) is 5.21. The average molecular weight is 386 g/mol. The van der Waals surface area contributed by atoms with Gasteiger partial charge in [-0.2, -0.15) is 0 Å². The Morgan fingerprint density at radius 1 is 1.45 bits per heavy atom. The van der Waals surface area contributed by atoms with Gasteiger partial charge >= 0.3 is 0 Å². The van der Waals surface area contributed by atoms with E-state index in [0.717, 1.165) is 11.3 Å². The number of carbonyl (C=O) groups excluding carboxylic acids is 1. The van der Waals surface area contributed by atoms with Gasteiger partial charge in [0.2, 0.25) is 0 Å². The second kappa shape index (κ2) is 6.34. The van der Waals surface area contributed by atoms with Gasteiger partial charge in [0, 0.05) is 26.8 Å². The minimum atomic E-state index is -0.407. The first-order valence-electron chi connectivity index (χ1n) is 6.65. The van der Waals surface area contributed by atoms with Gasteiger partial charge in [-0.05, 0) is 52.8 Å². The van der Waals surface area contributed by atoms with Crippen LogP contribution in [-0.4, -0.2) is 42.0 Å². The van der Waals surface area contributed by atoms with Crippen LogP contribution in [0, 0.1) is 5.82 Å². The van der Waals surface area contributed by atoms with Crippen molar-refractivity contribution >= 4 is 39.2 Å². The number of carbonyl (C=O) groups is 1. The molecule has 1 aromatic carbocycles. The molecule has 0 saturated carbocycles. The highest BCUT2D eigenvalue weighted by Gasteiger charge is 2.33. The number of halogens is 2. The summed E-state index contributed by atoms with van der Waals surface area (Å²) in [6, 6.07) is 4.28. The van der Waals surface area contributed by atoms with Crippen molar-refractivity contribution in [1.29, 1.82) is 0 Å². The number of likely N-dealkylation sites (N-methyl/N-ethyl adjacent to an activating group) is 1. The highest BCUT2D eigenvalue weighted by molar-refractivity contribution is 9.10. The van der Waals surface area contributed by atoms with Crippen molar-refractivity contribution in [2.24, 2.45) is 0 Å². The summed E-state index contributed by atoms with van der Waals surface area (Å²) in [5, 5.41) is 3.68. The van der Waals surface area contributed by atoms with E-state index >= 15 is 0 Å². The molecule has 0 aliphatic carbocycles. The summed E-state index contributed by atoms with van der Waals surface area (Å²) in [6.45, 7) is 1.86. The second-order valence-corrected chi connectivity index (χ2v) is 6.55. The molecule has 1 N–H and O–H groups in total. The topological polar surface area (TPSA) is 35.6 Å². The van der Waals surface area contributed by atoms with Crippen LogP contribution < -0.4 is 5.32 Å². The summed E-state index contributed by atoms with van der Waals surface area (Å²) in [6.07, 6.45) is 0. The highest BCUT2D eigenvalue weighted by atomic mass is 79.9. The van der Waals surface area contributed by atoms with Crippen LogP contribution in [0.1, 0.15) is 18.5 Å². The van der Waals surface area contributed by atoms with Crippen molar-refractivity contribution in [3.63, 3.8) is 0 Å². The second-order valence-electron chi connectivity index (χ2n) is 5.31. The summed E-state index contributed by atoms with van der Waals surface area (Å²) in [4.78, 5) is 15.9. The van der Waals surface area contributed by atoms with Gasteiger partial charge in [0.25, 0.3) is 5.91 Å². The third kappa shape index (κ3) is 3.01. The summed E-state index contributed by atoms with van der Waals surface area (Å²) in [5.74, 6) is -0.453. The van der Waals surface area contributed by atoms with Crippen LogP contribution >= 0.6 is 28.1 Å². The molecule has 2 rings (SSSR count). The predicted octanol–water partition coefficient (Wildman–Crippen LogP) is 2.81. The molecule has 1 heterocycles. The van der Waals surface area contributed by atoms with Gasteiger partial charge < -0.3 is 15.1 Å². The van der Waals surface area contributed by atoms with Gasteiger partial charge in [-0.1, -0.05) is 6.07 Å². The zero-order valence-corrected chi connectivity index (χ0v) is 15.2. The van der Waals surface area contributed by atoms with Crippen LogP contribution in [0.5, 0.6) is 0 Å². The van der Waals surface area contributed by atoms with Crippen molar-refractivity contribution in [1.82, 2.24) is 15.1 Å². The first kappa shape index (κ1) is 16.9. The zero-order chi connectivity index (χ0) is 16.6. The van der Waals surface area contributed by atoms with Gasteiger partial charge in [-0.25, -0.2) is 4.39 Å². The highest BCUT2D eigenvalue weighted by Crippen LogP contribution is 2.32. The van der Waals surface area contributed by atoms with Gasteiger partial charge in [0.1, 0.15) is 5.82 Å². The fourth-order valence-corrected chi connectivity index (χ4v) is 2.95. The maximum atomic E-state index is 13.5. The van der Waals surface area contributed by atoms with Crippen LogP contribution in [-0.2, 0) is 4.79 Å². The third-order valence-corrected chi connectivity index (χ3v) is 4.67. The normalized spacial score (nSPS) is 18.4. The fraction of sp³-hybridized carbons (Fsp3) is 0.333. The molecule has 0 spiro atoms. The minimum Gasteiger partial charge on any atom is -0.351 e. The number of benzene rings is 1. The lowest BCUT2D eigenvalue weighted by atomic mass is 9.94. The maximum Gasteiger partial charge on any atom is 0.253 e. The molecule has 0 aromatic heterocycles. The number of allylic oxidation sites excluding steroid dienone is 1. The smallest absolute Gasteiger partial charge is 0.253 e. The van der Waals surface area contributed by atoms with Crippen LogP contribution in [0.3, 0.4) is 0 Å². The van der Waals surface area contributed by atoms with Crippen LogP contribution in [0.25, 0.3) is 0 Å². The lowest BCUT2D eigenvalue weighted by molar-refractivity contribution is -0.125. The lowest BCUT2D eigenvalue weighted by Crippen LogP contribution is -2.47. The van der Waals surface area contributed by atoms with E-state index < -0.39 is 6.04 Å². The van der Waals surface area contributed by atoms with E-state index in [1.807, 2.05) is 14.0 Å². The molecule has 1 unspecified atom stereocenters. The fourth-order valence-electron chi connectivity index (χ4n) is 2.30. The molecular weight excluding hydrogens is 369 g/mol. The number of nitrogens with zero attached hydrogens (tertiary/aromatic N) is 2. The van der Waals surface area contributed by atoms with Crippen molar-refractivity contribution in [2.75, 3.05) is 21.1 Å². The van der Waals surface area contributed by atoms with E-state index in [0.29, 0.717) is 15.2 Å². The monoisotopic (exact) mass is 385 g/mol. The Hall–Kier alpha value is -1.47. The Morgan fingerprint density at radius 3 is 2.64 bits per heavy atom. The van der Waals surface area contributed by atoms with Crippen LogP contribution in [0.15, 0.2) is 33.9 Å². The summed E-state index contributed by atoms with van der Waals surface area (Å²) >= 11 is 8.50. The van der Waals surface area contributed by atoms with Crippen molar-refractivity contribution in [3.05, 3.63) is 45.3 Å². The van der Waals surface area contributed by atoms with Gasteiger partial charge in [0.15, 0.2) is 5.11 Å². The summed E-state index contributed by atoms with van der Waals surface area (Å²) in [5.41, 5.74) is 2.15. The number of amides is 1. The van der Waals surface area contributed by atoms with E-state index in [1.165, 1.54) is 11.0 Å². The number of rotatable bonds is 2. The molecule has 4 nitrogen and oxygen atoms in total. The van der Waals surface area contributed by atoms with E-state index in [-0.39, 0.29) is 11.7 Å². The molecule has 1 aliphatic rings. The van der Waals surface area contributed by atoms with Crippen molar-refractivity contribution < 1.29 is 9.18 Å². The van der Waals surface area contributed by atoms with Crippen LogP contribution in [0.2, 0.25) is 0 Å². The Kier molecular flexibility index (Phi) is 4.87. The molecule has 118 valence electrons. The number of hydrogen-bond acceptors (Lipinski definition) is 2. The third-order valence-electron chi connectivity index (χ3n) is 3.67. The number of nitrogens with one attached hydrogen (secondary N) is 1. The molecule has 0 fully saturated rings. The molecule has 0 bridgehead atoms. The first-order chi connectivity index (χ1) is 10.2. The van der Waals surface area contributed by atoms with Gasteiger partial charge in [-0.15, -0.1) is 0 Å². The Balaban J connectivity index is 2.58. The molecule has 22 heavy (non-hydrogen) atoms. The Labute approximate surface area is 143 Å². The SMILES string of the molecule is CC1=C(C(=O)N(C)C)C(c2ccc(F)c(Br)c2)NC(=S)N1C. The largest absolute Gasteiger partial charge is 0.351 e. The van der Waals surface area contributed by atoms with E-state index in [2.05, 4.69) is 21.2 Å². The Morgan fingerprint density at radius 2 is 2.09 bits per heavy atom. The first-order valence-corrected chi connectivity index (χ1v) is 7.85. The molecule has 1 amide bonds. The quantitative estimate of drug-likeness (QED) is 0.793. The molecule has 0 saturated heterocycles. The zero-order valence-electron chi connectivity index (χ0n) is 12.8. The molecule has 1 aromatic rings. The molecule has 1 aliphatic heterocycles. The maximum absolute atomic E-state index is 13.5. The van der Waals surface area contributed by atoms with E-state index in [1.54, 1.807) is 31.1 Å². The standard InChI is InChI=1S/C15H17BrFN3OS/c1-8-12(14(21)19(2)3)13(18-15(22)20(8)4)9-5-6-11(17)10(16)7-9/h5-7,13H,1-4H3,(H,18,22). The minimum absolute atomic E-state index is 0.107. The van der Waals surface area contributed by atoms with E-state index in [9.17, 15) is 9.18 Å². The van der Waals surface area contributed by atoms with Crippen molar-refractivity contribution in [3.8, 4) is 0 Å². The van der Waals surface area contributed by atoms with Crippen molar-refractivity contribution in [2.45, 2.75) is 13.0 Å².